The van der Waals surface area contributed by atoms with E-state index >= 15 is 0 Å². The Bertz CT molecular complexity index is 646. The molecule has 0 saturated heterocycles. The van der Waals surface area contributed by atoms with Gasteiger partial charge in [0.1, 0.15) is 5.76 Å². The van der Waals surface area contributed by atoms with Crippen LogP contribution in [0.3, 0.4) is 0 Å². The fourth-order valence-corrected chi connectivity index (χ4v) is 4.23. The normalized spacial score (nSPS) is 28.1. The van der Waals surface area contributed by atoms with E-state index in [4.69, 9.17) is 10.3 Å². The molecule has 20 heavy (non-hydrogen) atoms. The van der Waals surface area contributed by atoms with Crippen LogP contribution in [0.5, 0.6) is 0 Å². The van der Waals surface area contributed by atoms with Crippen molar-refractivity contribution >= 4 is 5.82 Å². The van der Waals surface area contributed by atoms with E-state index in [0.717, 1.165) is 28.7 Å². The first kappa shape index (κ1) is 12.0. The fourth-order valence-electron chi connectivity index (χ4n) is 4.23. The lowest BCUT2D eigenvalue weighted by Crippen LogP contribution is -2.08. The molecule has 2 bridgehead atoms. The van der Waals surface area contributed by atoms with Crippen LogP contribution < -0.4 is 5.73 Å². The van der Waals surface area contributed by atoms with Crippen LogP contribution in [0.1, 0.15) is 42.9 Å². The van der Waals surface area contributed by atoms with E-state index in [1.54, 1.807) is 0 Å². The molecule has 2 aliphatic carbocycles. The number of benzene rings is 1. The Morgan fingerprint density at radius 1 is 1.25 bits per heavy atom. The van der Waals surface area contributed by atoms with Crippen LogP contribution in [0, 0.1) is 18.8 Å². The largest absolute Gasteiger partial charge is 0.380 e. The minimum absolute atomic E-state index is 0.522. The van der Waals surface area contributed by atoms with Crippen molar-refractivity contribution in [3.8, 4) is 11.1 Å². The van der Waals surface area contributed by atoms with Gasteiger partial charge in [0, 0.05) is 5.92 Å². The molecule has 2 fully saturated rings. The molecule has 3 nitrogen and oxygen atoms in total. The zero-order valence-corrected chi connectivity index (χ0v) is 11.8. The lowest BCUT2D eigenvalue weighted by Gasteiger charge is -2.20. The van der Waals surface area contributed by atoms with Crippen LogP contribution in [0.25, 0.3) is 11.1 Å². The molecule has 0 spiro atoms. The summed E-state index contributed by atoms with van der Waals surface area (Å²) in [7, 11) is 0. The molecule has 1 heterocycles. The number of rotatable bonds is 2. The number of fused-ring (bicyclic) bond motifs is 2. The van der Waals surface area contributed by atoms with Gasteiger partial charge in [-0.05, 0) is 43.6 Å². The molecular weight excluding hydrogens is 248 g/mol. The second kappa shape index (κ2) is 4.37. The zero-order valence-electron chi connectivity index (χ0n) is 11.8. The highest BCUT2D eigenvalue weighted by Gasteiger charge is 2.43. The maximum atomic E-state index is 6.08. The van der Waals surface area contributed by atoms with Gasteiger partial charge in [-0.2, -0.15) is 0 Å². The summed E-state index contributed by atoms with van der Waals surface area (Å²) in [5.41, 5.74) is 9.50. The molecule has 2 aromatic rings. The lowest BCUT2D eigenvalue weighted by atomic mass is 9.84. The van der Waals surface area contributed by atoms with Gasteiger partial charge in [0.2, 0.25) is 0 Å². The number of hydrogen-bond acceptors (Lipinski definition) is 3. The van der Waals surface area contributed by atoms with Gasteiger partial charge in [-0.3, -0.25) is 0 Å². The van der Waals surface area contributed by atoms with Crippen molar-refractivity contribution in [3.05, 3.63) is 35.6 Å². The van der Waals surface area contributed by atoms with Gasteiger partial charge in [0.25, 0.3) is 0 Å². The highest BCUT2D eigenvalue weighted by atomic mass is 16.5. The van der Waals surface area contributed by atoms with E-state index in [0.29, 0.717) is 11.7 Å². The SMILES string of the molecule is Cc1cccc(-c2c(N)noc2C2CC3CCC2C3)c1. The Morgan fingerprint density at radius 2 is 2.15 bits per heavy atom. The average Bonchev–Trinajstić information content (AvgIpc) is 3.12. The Labute approximate surface area is 119 Å². The monoisotopic (exact) mass is 268 g/mol. The first-order chi connectivity index (χ1) is 9.72. The zero-order chi connectivity index (χ0) is 13.7. The summed E-state index contributed by atoms with van der Waals surface area (Å²) in [4.78, 5) is 0. The predicted octanol–water partition coefficient (Wildman–Crippen LogP) is 4.14. The molecule has 3 unspecified atom stereocenters. The third-order valence-electron chi connectivity index (χ3n) is 5.13. The van der Waals surface area contributed by atoms with Crippen molar-refractivity contribution in [3.63, 3.8) is 0 Å². The van der Waals surface area contributed by atoms with Gasteiger partial charge in [0.15, 0.2) is 5.82 Å². The number of anilines is 1. The van der Waals surface area contributed by atoms with Crippen molar-refractivity contribution in [1.82, 2.24) is 5.16 Å². The molecule has 3 heteroatoms. The van der Waals surface area contributed by atoms with Gasteiger partial charge in [0.05, 0.1) is 5.56 Å². The number of aromatic nitrogens is 1. The smallest absolute Gasteiger partial charge is 0.175 e. The Kier molecular flexibility index (Phi) is 2.62. The van der Waals surface area contributed by atoms with E-state index in [-0.39, 0.29) is 0 Å². The van der Waals surface area contributed by atoms with Crippen molar-refractivity contribution in [1.29, 1.82) is 0 Å². The van der Waals surface area contributed by atoms with Crippen molar-refractivity contribution in [2.75, 3.05) is 5.73 Å². The molecule has 3 atom stereocenters. The second-order valence-electron chi connectivity index (χ2n) is 6.46. The summed E-state index contributed by atoms with van der Waals surface area (Å²) < 4.78 is 5.65. The van der Waals surface area contributed by atoms with Gasteiger partial charge in [-0.25, -0.2) is 0 Å². The van der Waals surface area contributed by atoms with Gasteiger partial charge in [-0.15, -0.1) is 0 Å². The minimum atomic E-state index is 0.522. The van der Waals surface area contributed by atoms with Gasteiger partial charge >= 0.3 is 0 Å². The standard InChI is InChI=1S/C17H20N2O/c1-10-3-2-4-13(7-10)15-16(20-19-17(15)18)14-9-11-5-6-12(14)8-11/h2-4,7,11-12,14H,5-6,8-9H2,1H3,(H2,18,19). The molecule has 4 rings (SSSR count). The molecule has 0 aliphatic heterocycles. The molecule has 2 N–H and O–H groups in total. The summed E-state index contributed by atoms with van der Waals surface area (Å²) in [6.45, 7) is 2.10. The maximum Gasteiger partial charge on any atom is 0.175 e. The third kappa shape index (κ3) is 1.76. The molecule has 104 valence electrons. The van der Waals surface area contributed by atoms with E-state index in [9.17, 15) is 0 Å². The first-order valence-electron chi connectivity index (χ1n) is 7.54. The molecule has 2 aliphatic rings. The highest BCUT2D eigenvalue weighted by Crippen LogP contribution is 2.54. The van der Waals surface area contributed by atoms with Crippen LogP contribution >= 0.6 is 0 Å². The molecular formula is C17H20N2O. The summed E-state index contributed by atoms with van der Waals surface area (Å²) in [5.74, 6) is 3.75. The number of nitrogens with zero attached hydrogens (tertiary/aromatic N) is 1. The molecule has 1 aromatic carbocycles. The number of aryl methyl sites for hydroxylation is 1. The van der Waals surface area contributed by atoms with Crippen molar-refractivity contribution < 1.29 is 4.52 Å². The summed E-state index contributed by atoms with van der Waals surface area (Å²) in [6.07, 6.45) is 5.34. The molecule has 2 saturated carbocycles. The van der Waals surface area contributed by atoms with Crippen molar-refractivity contribution in [2.24, 2.45) is 11.8 Å². The average molecular weight is 268 g/mol. The van der Waals surface area contributed by atoms with Crippen LogP contribution in [0.2, 0.25) is 0 Å². The van der Waals surface area contributed by atoms with Crippen LogP contribution in [-0.4, -0.2) is 5.16 Å². The van der Waals surface area contributed by atoms with Gasteiger partial charge in [-0.1, -0.05) is 41.4 Å². The van der Waals surface area contributed by atoms with E-state index in [1.807, 2.05) is 0 Å². The minimum Gasteiger partial charge on any atom is -0.380 e. The van der Waals surface area contributed by atoms with Crippen LogP contribution in [-0.2, 0) is 0 Å². The molecule has 0 radical (unpaired) electrons. The second-order valence-corrected chi connectivity index (χ2v) is 6.46. The molecule has 1 aromatic heterocycles. The van der Waals surface area contributed by atoms with E-state index < -0.39 is 0 Å². The van der Waals surface area contributed by atoms with Gasteiger partial charge < -0.3 is 10.3 Å². The Hall–Kier alpha value is -1.77. The quantitative estimate of drug-likeness (QED) is 0.890. The first-order valence-corrected chi connectivity index (χ1v) is 7.54. The lowest BCUT2D eigenvalue weighted by molar-refractivity contribution is 0.312. The van der Waals surface area contributed by atoms with E-state index in [1.165, 1.54) is 31.2 Å². The number of nitrogens with two attached hydrogens (primary N) is 1. The fraction of sp³-hybridized carbons (Fsp3) is 0.471. The van der Waals surface area contributed by atoms with Crippen LogP contribution in [0.4, 0.5) is 5.82 Å². The summed E-state index contributed by atoms with van der Waals surface area (Å²) >= 11 is 0. The van der Waals surface area contributed by atoms with E-state index in [2.05, 4.69) is 36.3 Å². The Balaban J connectivity index is 1.78. The summed E-state index contributed by atoms with van der Waals surface area (Å²) in [6, 6.07) is 8.44. The number of hydrogen-bond donors (Lipinski definition) is 1. The topological polar surface area (TPSA) is 52.0 Å². The summed E-state index contributed by atoms with van der Waals surface area (Å²) in [5, 5.41) is 4.05. The predicted molar refractivity (Wildman–Crippen MR) is 79.3 cm³/mol. The molecule has 0 amide bonds. The van der Waals surface area contributed by atoms with Crippen LogP contribution in [0.15, 0.2) is 28.8 Å². The Morgan fingerprint density at radius 3 is 2.85 bits per heavy atom. The highest BCUT2D eigenvalue weighted by molar-refractivity contribution is 5.76. The maximum absolute atomic E-state index is 6.08. The van der Waals surface area contributed by atoms with Crippen molar-refractivity contribution in [2.45, 2.75) is 38.5 Å². The number of nitrogen functional groups attached to an aromatic ring is 1. The third-order valence-corrected chi connectivity index (χ3v) is 5.13.